The highest BCUT2D eigenvalue weighted by Gasteiger charge is 2.16. The van der Waals surface area contributed by atoms with E-state index >= 15 is 0 Å². The van der Waals surface area contributed by atoms with Gasteiger partial charge in [0.2, 0.25) is 0 Å². The molecule has 1 aliphatic rings. The summed E-state index contributed by atoms with van der Waals surface area (Å²) < 4.78 is 5.28. The van der Waals surface area contributed by atoms with Gasteiger partial charge >= 0.3 is 6.09 Å². The molecule has 0 unspecified atom stereocenters. The van der Waals surface area contributed by atoms with Crippen molar-refractivity contribution in [2.24, 2.45) is 0 Å². The Kier molecular flexibility index (Phi) is 4.80. The second-order valence-electron chi connectivity index (χ2n) is 5.28. The van der Waals surface area contributed by atoms with Gasteiger partial charge in [0.1, 0.15) is 5.75 Å². The molecule has 4 heteroatoms. The fraction of sp³-hybridized carbons (Fsp3) is 0.533. The van der Waals surface area contributed by atoms with Crippen molar-refractivity contribution in [2.45, 2.75) is 38.6 Å². The van der Waals surface area contributed by atoms with Gasteiger partial charge in [-0.05, 0) is 49.5 Å². The van der Waals surface area contributed by atoms with Crippen LogP contribution in [0.15, 0.2) is 24.3 Å². The topological polar surface area (TPSA) is 50.4 Å². The predicted octanol–water partition coefficient (Wildman–Crippen LogP) is 2.65. The molecular weight excluding hydrogens is 240 g/mol. The van der Waals surface area contributed by atoms with Crippen molar-refractivity contribution in [1.82, 2.24) is 10.6 Å². The van der Waals surface area contributed by atoms with Crippen LogP contribution in [-0.2, 0) is 0 Å². The van der Waals surface area contributed by atoms with E-state index in [1.807, 2.05) is 24.3 Å². The van der Waals surface area contributed by atoms with Crippen molar-refractivity contribution in [3.63, 3.8) is 0 Å². The van der Waals surface area contributed by atoms with Gasteiger partial charge in [-0.2, -0.15) is 0 Å². The summed E-state index contributed by atoms with van der Waals surface area (Å²) in [6.07, 6.45) is 1.56. The maximum absolute atomic E-state index is 11.7. The van der Waals surface area contributed by atoms with Gasteiger partial charge in [-0.1, -0.05) is 26.0 Å². The molecule has 0 aliphatic carbocycles. The number of carbonyl (C=O) groups excluding carboxylic acids is 1. The van der Waals surface area contributed by atoms with Crippen LogP contribution < -0.4 is 15.4 Å². The molecule has 1 aromatic rings. The van der Waals surface area contributed by atoms with Crippen LogP contribution in [0, 0.1) is 0 Å². The summed E-state index contributed by atoms with van der Waals surface area (Å²) in [4.78, 5) is 11.7. The summed E-state index contributed by atoms with van der Waals surface area (Å²) in [6.45, 7) is 6.18. The average molecular weight is 262 g/mol. The van der Waals surface area contributed by atoms with E-state index in [0.717, 1.165) is 25.9 Å². The highest BCUT2D eigenvalue weighted by atomic mass is 16.6. The molecule has 1 aliphatic heterocycles. The third-order valence-electron chi connectivity index (χ3n) is 3.42. The molecule has 104 valence electrons. The number of piperidine rings is 1. The number of nitrogens with one attached hydrogen (secondary N) is 2. The smallest absolute Gasteiger partial charge is 0.410 e. The lowest BCUT2D eigenvalue weighted by molar-refractivity contribution is 0.193. The molecule has 2 rings (SSSR count). The lowest BCUT2D eigenvalue weighted by atomic mass is 10.0. The largest absolute Gasteiger partial charge is 0.412 e. The number of rotatable bonds is 3. The minimum Gasteiger partial charge on any atom is -0.410 e. The van der Waals surface area contributed by atoms with Crippen LogP contribution in [0.5, 0.6) is 5.75 Å². The summed E-state index contributed by atoms with van der Waals surface area (Å²) in [6, 6.07) is 7.91. The van der Waals surface area contributed by atoms with Crippen molar-refractivity contribution < 1.29 is 9.53 Å². The monoisotopic (exact) mass is 262 g/mol. The second-order valence-corrected chi connectivity index (χ2v) is 5.28. The minimum atomic E-state index is -0.357. The van der Waals surface area contributed by atoms with Gasteiger partial charge in [-0.15, -0.1) is 0 Å². The highest BCUT2D eigenvalue weighted by Crippen LogP contribution is 2.18. The minimum absolute atomic E-state index is 0.226. The summed E-state index contributed by atoms with van der Waals surface area (Å²) in [5.74, 6) is 1.08. The molecule has 0 saturated carbocycles. The van der Waals surface area contributed by atoms with E-state index in [-0.39, 0.29) is 12.1 Å². The van der Waals surface area contributed by atoms with Crippen LogP contribution in [0.25, 0.3) is 0 Å². The zero-order valence-corrected chi connectivity index (χ0v) is 11.6. The molecule has 0 atom stereocenters. The van der Waals surface area contributed by atoms with Gasteiger partial charge in [0.25, 0.3) is 0 Å². The van der Waals surface area contributed by atoms with Gasteiger partial charge in [-0.25, -0.2) is 4.79 Å². The Morgan fingerprint density at radius 1 is 1.26 bits per heavy atom. The molecule has 2 N–H and O–H groups in total. The van der Waals surface area contributed by atoms with Crippen molar-refractivity contribution in [2.75, 3.05) is 13.1 Å². The summed E-state index contributed by atoms with van der Waals surface area (Å²) >= 11 is 0. The molecule has 1 fully saturated rings. The van der Waals surface area contributed by atoms with Crippen LogP contribution in [0.2, 0.25) is 0 Å². The Morgan fingerprint density at radius 3 is 2.47 bits per heavy atom. The Morgan fingerprint density at radius 2 is 1.89 bits per heavy atom. The Bertz CT molecular complexity index is 409. The molecule has 19 heavy (non-hydrogen) atoms. The van der Waals surface area contributed by atoms with Crippen LogP contribution in [0.4, 0.5) is 4.79 Å². The summed E-state index contributed by atoms with van der Waals surface area (Å²) in [5.41, 5.74) is 1.24. The van der Waals surface area contributed by atoms with Gasteiger partial charge in [0.15, 0.2) is 0 Å². The SMILES string of the molecule is CC(C)c1ccc(OC(=O)NC2CCNCC2)cc1. The fourth-order valence-corrected chi connectivity index (χ4v) is 2.19. The first kappa shape index (κ1) is 13.9. The van der Waals surface area contributed by atoms with Gasteiger partial charge in [0.05, 0.1) is 0 Å². The molecular formula is C15H22N2O2. The first-order valence-electron chi connectivity index (χ1n) is 6.94. The van der Waals surface area contributed by atoms with E-state index in [0.29, 0.717) is 11.7 Å². The van der Waals surface area contributed by atoms with Crippen molar-refractivity contribution in [1.29, 1.82) is 0 Å². The van der Waals surface area contributed by atoms with E-state index in [1.165, 1.54) is 5.56 Å². The number of carbonyl (C=O) groups is 1. The van der Waals surface area contributed by atoms with Crippen LogP contribution in [0.1, 0.15) is 38.2 Å². The van der Waals surface area contributed by atoms with E-state index in [4.69, 9.17) is 4.74 Å². The molecule has 0 spiro atoms. The highest BCUT2D eigenvalue weighted by molar-refractivity contribution is 5.70. The number of amides is 1. The fourth-order valence-electron chi connectivity index (χ4n) is 2.19. The van der Waals surface area contributed by atoms with Crippen LogP contribution in [0.3, 0.4) is 0 Å². The molecule has 0 aromatic heterocycles. The zero-order chi connectivity index (χ0) is 13.7. The first-order chi connectivity index (χ1) is 9.15. The second kappa shape index (κ2) is 6.57. The third-order valence-corrected chi connectivity index (χ3v) is 3.42. The van der Waals surface area contributed by atoms with Crippen molar-refractivity contribution >= 4 is 6.09 Å². The lowest BCUT2D eigenvalue weighted by Crippen LogP contribution is -2.43. The normalized spacial score (nSPS) is 16.4. The van der Waals surface area contributed by atoms with E-state index < -0.39 is 0 Å². The maximum atomic E-state index is 11.7. The quantitative estimate of drug-likeness (QED) is 0.880. The summed E-state index contributed by atoms with van der Waals surface area (Å²) in [7, 11) is 0. The molecule has 1 heterocycles. The van der Waals surface area contributed by atoms with E-state index in [1.54, 1.807) is 0 Å². The molecule has 4 nitrogen and oxygen atoms in total. The molecule has 0 radical (unpaired) electrons. The molecule has 1 saturated heterocycles. The van der Waals surface area contributed by atoms with E-state index in [2.05, 4.69) is 24.5 Å². The summed E-state index contributed by atoms with van der Waals surface area (Å²) in [5, 5.41) is 6.17. The Labute approximate surface area is 114 Å². The first-order valence-corrected chi connectivity index (χ1v) is 6.94. The molecule has 1 aromatic carbocycles. The van der Waals surface area contributed by atoms with E-state index in [9.17, 15) is 4.79 Å². The van der Waals surface area contributed by atoms with Crippen LogP contribution >= 0.6 is 0 Å². The lowest BCUT2D eigenvalue weighted by Gasteiger charge is -2.23. The maximum Gasteiger partial charge on any atom is 0.412 e. The van der Waals surface area contributed by atoms with Gasteiger partial charge < -0.3 is 15.4 Å². The third kappa shape index (κ3) is 4.24. The predicted molar refractivity (Wildman–Crippen MR) is 75.6 cm³/mol. The van der Waals surface area contributed by atoms with Crippen molar-refractivity contribution in [3.05, 3.63) is 29.8 Å². The molecule has 0 bridgehead atoms. The zero-order valence-electron chi connectivity index (χ0n) is 11.6. The number of ether oxygens (including phenoxy) is 1. The Hall–Kier alpha value is -1.55. The van der Waals surface area contributed by atoms with Crippen molar-refractivity contribution in [3.8, 4) is 5.75 Å². The van der Waals surface area contributed by atoms with Crippen LogP contribution in [-0.4, -0.2) is 25.2 Å². The number of hydrogen-bond acceptors (Lipinski definition) is 3. The standard InChI is InChI=1S/C15H22N2O2/c1-11(2)12-3-5-14(6-4-12)19-15(18)17-13-7-9-16-10-8-13/h3-6,11,13,16H,7-10H2,1-2H3,(H,17,18). The number of hydrogen-bond donors (Lipinski definition) is 2. The Balaban J connectivity index is 1.84. The number of benzene rings is 1. The van der Waals surface area contributed by atoms with Gasteiger partial charge in [-0.3, -0.25) is 0 Å². The average Bonchev–Trinajstić information content (AvgIpc) is 2.40. The molecule has 1 amide bonds. The van der Waals surface area contributed by atoms with Gasteiger partial charge in [0, 0.05) is 6.04 Å².